The zero-order chi connectivity index (χ0) is 20.2. The van der Waals surface area contributed by atoms with Crippen LogP contribution in [0.3, 0.4) is 0 Å². The van der Waals surface area contributed by atoms with Gasteiger partial charge in [-0.2, -0.15) is 4.98 Å². The molecular formula is C21H19N5O3. The minimum Gasteiger partial charge on any atom is -0.497 e. The summed E-state index contributed by atoms with van der Waals surface area (Å²) in [4.78, 5) is 20.8. The van der Waals surface area contributed by atoms with Gasteiger partial charge in [0.25, 0.3) is 0 Å². The predicted molar refractivity (Wildman–Crippen MR) is 107 cm³/mol. The number of ether oxygens (including phenoxy) is 2. The number of fused-ring (bicyclic) bond motifs is 1. The summed E-state index contributed by atoms with van der Waals surface area (Å²) in [5.74, 6) is 1.93. The van der Waals surface area contributed by atoms with E-state index in [9.17, 15) is 4.79 Å². The molecule has 146 valence electrons. The van der Waals surface area contributed by atoms with Crippen molar-refractivity contribution in [3.05, 3.63) is 72.1 Å². The highest BCUT2D eigenvalue weighted by Gasteiger charge is 2.10. The summed E-state index contributed by atoms with van der Waals surface area (Å²) >= 11 is 0. The van der Waals surface area contributed by atoms with Crippen LogP contribution in [0, 0.1) is 6.92 Å². The van der Waals surface area contributed by atoms with Crippen LogP contribution >= 0.6 is 0 Å². The van der Waals surface area contributed by atoms with Crippen molar-refractivity contribution in [3.63, 3.8) is 0 Å². The van der Waals surface area contributed by atoms with Gasteiger partial charge in [0.1, 0.15) is 11.5 Å². The second-order valence-electron chi connectivity index (χ2n) is 6.40. The van der Waals surface area contributed by atoms with E-state index in [1.54, 1.807) is 36.2 Å². The number of rotatable bonds is 6. The zero-order valence-electron chi connectivity index (χ0n) is 16.0. The molecule has 0 saturated carbocycles. The Morgan fingerprint density at radius 1 is 1.14 bits per heavy atom. The first-order valence-electron chi connectivity index (χ1n) is 8.99. The molecular weight excluding hydrogens is 370 g/mol. The van der Waals surface area contributed by atoms with Crippen molar-refractivity contribution in [2.75, 3.05) is 12.4 Å². The van der Waals surface area contributed by atoms with Crippen LogP contribution in [0.15, 0.2) is 60.9 Å². The van der Waals surface area contributed by atoms with Gasteiger partial charge in [-0.05, 0) is 36.8 Å². The second-order valence-corrected chi connectivity index (χ2v) is 6.40. The molecule has 0 aliphatic carbocycles. The normalized spacial score (nSPS) is 10.7. The Labute approximate surface area is 167 Å². The van der Waals surface area contributed by atoms with Crippen LogP contribution in [0.2, 0.25) is 0 Å². The number of amides is 1. The summed E-state index contributed by atoms with van der Waals surface area (Å²) in [6, 6.07) is 14.6. The summed E-state index contributed by atoms with van der Waals surface area (Å²) in [5.41, 5.74) is 2.39. The summed E-state index contributed by atoms with van der Waals surface area (Å²) in [7, 11) is 1.58. The third-order valence-electron chi connectivity index (χ3n) is 4.26. The molecule has 0 aliphatic rings. The SMILES string of the molecule is COc1ccn2nc(NC(=O)Cc3ccc(Oc4ncccc4C)cc3)nc2c1. The average molecular weight is 389 g/mol. The number of anilines is 1. The van der Waals surface area contributed by atoms with Crippen LogP contribution < -0.4 is 14.8 Å². The molecule has 1 N–H and O–H groups in total. The second kappa shape index (κ2) is 7.97. The molecule has 3 aromatic heterocycles. The number of aryl methyl sites for hydroxylation is 1. The van der Waals surface area contributed by atoms with Gasteiger partial charge in [0.05, 0.1) is 13.5 Å². The van der Waals surface area contributed by atoms with E-state index < -0.39 is 0 Å². The maximum absolute atomic E-state index is 12.3. The maximum atomic E-state index is 12.3. The quantitative estimate of drug-likeness (QED) is 0.543. The topological polar surface area (TPSA) is 90.6 Å². The molecule has 0 aliphatic heterocycles. The van der Waals surface area contributed by atoms with Gasteiger partial charge in [-0.3, -0.25) is 10.1 Å². The Hall–Kier alpha value is -3.94. The van der Waals surface area contributed by atoms with Crippen molar-refractivity contribution in [3.8, 4) is 17.4 Å². The Morgan fingerprint density at radius 3 is 2.72 bits per heavy atom. The fourth-order valence-corrected chi connectivity index (χ4v) is 2.76. The van der Waals surface area contributed by atoms with Crippen molar-refractivity contribution in [2.24, 2.45) is 0 Å². The summed E-state index contributed by atoms with van der Waals surface area (Å²) < 4.78 is 12.5. The number of hydrogen-bond donors (Lipinski definition) is 1. The van der Waals surface area contributed by atoms with Gasteiger partial charge >= 0.3 is 0 Å². The molecule has 0 unspecified atom stereocenters. The van der Waals surface area contributed by atoms with Gasteiger partial charge in [0, 0.05) is 24.0 Å². The number of hydrogen-bond acceptors (Lipinski definition) is 6. The number of carbonyl (C=O) groups excluding carboxylic acids is 1. The summed E-state index contributed by atoms with van der Waals surface area (Å²) in [6.45, 7) is 1.94. The first-order chi connectivity index (χ1) is 14.1. The molecule has 0 radical (unpaired) electrons. The molecule has 0 saturated heterocycles. The molecule has 1 amide bonds. The Balaban J connectivity index is 1.39. The molecule has 0 bridgehead atoms. The number of nitrogens with zero attached hydrogens (tertiary/aromatic N) is 4. The highest BCUT2D eigenvalue weighted by atomic mass is 16.5. The van der Waals surface area contributed by atoms with E-state index >= 15 is 0 Å². The summed E-state index contributed by atoms with van der Waals surface area (Å²) in [5, 5.41) is 6.95. The zero-order valence-corrected chi connectivity index (χ0v) is 16.0. The first kappa shape index (κ1) is 18.4. The Kier molecular flexibility index (Phi) is 5.07. The van der Waals surface area contributed by atoms with Gasteiger partial charge < -0.3 is 9.47 Å². The minimum atomic E-state index is -0.206. The molecule has 0 fully saturated rings. The van der Waals surface area contributed by atoms with E-state index in [0.717, 1.165) is 11.1 Å². The molecule has 4 rings (SSSR count). The molecule has 1 aromatic carbocycles. The van der Waals surface area contributed by atoms with Gasteiger partial charge in [-0.1, -0.05) is 18.2 Å². The van der Waals surface area contributed by atoms with Gasteiger partial charge in [0.2, 0.25) is 17.7 Å². The van der Waals surface area contributed by atoms with E-state index in [4.69, 9.17) is 9.47 Å². The number of methoxy groups -OCH3 is 1. The lowest BCUT2D eigenvalue weighted by Gasteiger charge is -2.08. The van der Waals surface area contributed by atoms with Crippen LogP contribution in [0.5, 0.6) is 17.4 Å². The van der Waals surface area contributed by atoms with Gasteiger partial charge in [0.15, 0.2) is 5.65 Å². The molecule has 4 aromatic rings. The van der Waals surface area contributed by atoms with Crippen LogP contribution in [0.4, 0.5) is 5.95 Å². The Morgan fingerprint density at radius 2 is 1.97 bits per heavy atom. The van der Waals surface area contributed by atoms with Gasteiger partial charge in [-0.25, -0.2) is 9.50 Å². The first-order valence-corrected chi connectivity index (χ1v) is 8.99. The smallest absolute Gasteiger partial charge is 0.249 e. The van der Waals surface area contributed by atoms with Crippen molar-refractivity contribution >= 4 is 17.5 Å². The third-order valence-corrected chi connectivity index (χ3v) is 4.26. The van der Waals surface area contributed by atoms with E-state index in [1.165, 1.54) is 0 Å². The predicted octanol–water partition coefficient (Wildman–Crippen LogP) is 3.41. The number of aromatic nitrogens is 4. The third kappa shape index (κ3) is 4.32. The largest absolute Gasteiger partial charge is 0.497 e. The lowest BCUT2D eigenvalue weighted by atomic mass is 10.1. The fourth-order valence-electron chi connectivity index (χ4n) is 2.76. The summed E-state index contributed by atoms with van der Waals surface area (Å²) in [6.07, 6.45) is 3.60. The molecule has 3 heterocycles. The standard InChI is InChI=1S/C21H19N5O3/c1-14-4-3-10-22-20(14)29-16-7-5-15(6-8-16)12-19(27)24-21-23-18-13-17(28-2)9-11-26(18)25-21/h3-11,13H,12H2,1-2H3,(H,24,25,27). The molecule has 8 heteroatoms. The molecule has 8 nitrogen and oxygen atoms in total. The molecule has 0 atom stereocenters. The van der Waals surface area contributed by atoms with Crippen LogP contribution in [0.1, 0.15) is 11.1 Å². The van der Waals surface area contributed by atoms with Crippen LogP contribution in [-0.2, 0) is 11.2 Å². The van der Waals surface area contributed by atoms with E-state index in [-0.39, 0.29) is 18.3 Å². The van der Waals surface area contributed by atoms with Crippen molar-refractivity contribution in [1.29, 1.82) is 0 Å². The molecule has 29 heavy (non-hydrogen) atoms. The molecule has 0 spiro atoms. The minimum absolute atomic E-state index is 0.196. The number of benzene rings is 1. The van der Waals surface area contributed by atoms with Crippen LogP contribution in [0.25, 0.3) is 5.65 Å². The fraction of sp³-hybridized carbons (Fsp3) is 0.143. The number of nitrogens with one attached hydrogen (secondary N) is 1. The van der Waals surface area contributed by atoms with E-state index in [2.05, 4.69) is 20.4 Å². The van der Waals surface area contributed by atoms with E-state index in [0.29, 0.717) is 23.0 Å². The maximum Gasteiger partial charge on any atom is 0.249 e. The lowest BCUT2D eigenvalue weighted by Crippen LogP contribution is -2.15. The van der Waals surface area contributed by atoms with Crippen molar-refractivity contribution in [2.45, 2.75) is 13.3 Å². The lowest BCUT2D eigenvalue weighted by molar-refractivity contribution is -0.115. The van der Waals surface area contributed by atoms with Crippen molar-refractivity contribution in [1.82, 2.24) is 19.6 Å². The number of pyridine rings is 2. The number of carbonyl (C=O) groups is 1. The average Bonchev–Trinajstić information content (AvgIpc) is 3.12. The van der Waals surface area contributed by atoms with Crippen molar-refractivity contribution < 1.29 is 14.3 Å². The van der Waals surface area contributed by atoms with Gasteiger partial charge in [-0.15, -0.1) is 5.10 Å². The van der Waals surface area contributed by atoms with E-state index in [1.807, 2.05) is 43.3 Å². The van der Waals surface area contributed by atoms with Crippen LogP contribution in [-0.4, -0.2) is 32.6 Å². The monoisotopic (exact) mass is 389 g/mol. The Bertz CT molecular complexity index is 1150. The highest BCUT2D eigenvalue weighted by Crippen LogP contribution is 2.22. The highest BCUT2D eigenvalue weighted by molar-refractivity contribution is 5.90.